The number of nitrogens with one attached hydrogen (secondary N) is 1. The van der Waals surface area contributed by atoms with Crippen LogP contribution in [0, 0.1) is 5.92 Å². The van der Waals surface area contributed by atoms with Crippen LogP contribution in [0.15, 0.2) is 6.20 Å². The molecule has 0 aromatic carbocycles. The summed E-state index contributed by atoms with van der Waals surface area (Å²) >= 11 is 0. The number of amides is 2. The average molecular weight is 388 g/mol. The number of nitrogens with zero attached hydrogens (tertiary/aromatic N) is 4. The zero-order valence-electron chi connectivity index (χ0n) is 17.6. The largest absolute Gasteiger partial charge is 0.350 e. The fourth-order valence-corrected chi connectivity index (χ4v) is 4.22. The summed E-state index contributed by atoms with van der Waals surface area (Å²) in [6.07, 6.45) is 8.05. The quantitative estimate of drug-likeness (QED) is 0.840. The number of hydrogen-bond acceptors (Lipinski definition) is 5. The molecule has 2 aliphatic rings. The van der Waals surface area contributed by atoms with Crippen molar-refractivity contribution < 1.29 is 9.59 Å². The van der Waals surface area contributed by atoms with Crippen LogP contribution < -0.4 is 10.2 Å². The van der Waals surface area contributed by atoms with Gasteiger partial charge in [0.05, 0.1) is 11.3 Å². The van der Waals surface area contributed by atoms with Crippen molar-refractivity contribution in [3.8, 4) is 0 Å². The summed E-state index contributed by atoms with van der Waals surface area (Å²) in [6, 6.07) is 0.0434. The van der Waals surface area contributed by atoms with Crippen LogP contribution in [0.2, 0.25) is 0 Å². The predicted octanol–water partition coefficient (Wildman–Crippen LogP) is 2.58. The molecule has 1 aliphatic heterocycles. The first-order valence-electron chi connectivity index (χ1n) is 10.5. The molecule has 1 atom stereocenters. The standard InChI is InChI=1S/C21H33N5O2/c1-14(2)23-19(27)17-12-22-21(25(3)4)24-18(17)16-10-11-26(13-16)20(28)15-8-6-5-7-9-15/h12,14-16H,5-11,13H2,1-4H3,(H,23,27). The summed E-state index contributed by atoms with van der Waals surface area (Å²) in [6.45, 7) is 5.26. The highest BCUT2D eigenvalue weighted by Gasteiger charge is 2.34. The van der Waals surface area contributed by atoms with Crippen LogP contribution >= 0.6 is 0 Å². The van der Waals surface area contributed by atoms with Crippen molar-refractivity contribution in [3.05, 3.63) is 17.5 Å². The second kappa shape index (κ2) is 8.88. The van der Waals surface area contributed by atoms with Gasteiger partial charge in [0.15, 0.2) is 0 Å². The van der Waals surface area contributed by atoms with Gasteiger partial charge in [0.1, 0.15) is 0 Å². The Morgan fingerprint density at radius 2 is 1.89 bits per heavy atom. The van der Waals surface area contributed by atoms with E-state index < -0.39 is 0 Å². The normalized spacial score (nSPS) is 20.5. The van der Waals surface area contributed by atoms with Gasteiger partial charge in [0.25, 0.3) is 5.91 Å². The van der Waals surface area contributed by atoms with Gasteiger partial charge in [-0.05, 0) is 33.1 Å². The Bertz CT molecular complexity index is 713. The Morgan fingerprint density at radius 1 is 1.18 bits per heavy atom. The van der Waals surface area contributed by atoms with Gasteiger partial charge < -0.3 is 15.1 Å². The molecule has 154 valence electrons. The minimum atomic E-state index is -0.146. The molecule has 1 aromatic rings. The fourth-order valence-electron chi connectivity index (χ4n) is 4.22. The van der Waals surface area contributed by atoms with Gasteiger partial charge in [0.2, 0.25) is 11.9 Å². The number of hydrogen-bond donors (Lipinski definition) is 1. The van der Waals surface area contributed by atoms with Gasteiger partial charge in [-0.3, -0.25) is 9.59 Å². The number of carbonyl (C=O) groups excluding carboxylic acids is 2. The number of rotatable bonds is 5. The second-order valence-electron chi connectivity index (χ2n) is 8.60. The molecule has 1 unspecified atom stereocenters. The molecule has 1 saturated carbocycles. The van der Waals surface area contributed by atoms with Crippen LogP contribution in [-0.2, 0) is 4.79 Å². The summed E-state index contributed by atoms with van der Waals surface area (Å²) in [5, 5.41) is 2.94. The Morgan fingerprint density at radius 3 is 2.54 bits per heavy atom. The van der Waals surface area contributed by atoms with Gasteiger partial charge in [-0.25, -0.2) is 9.97 Å². The zero-order valence-corrected chi connectivity index (χ0v) is 17.6. The lowest BCUT2D eigenvalue weighted by molar-refractivity contribution is -0.135. The lowest BCUT2D eigenvalue weighted by Crippen LogP contribution is -2.35. The number of carbonyl (C=O) groups is 2. The summed E-state index contributed by atoms with van der Waals surface area (Å²) in [5.74, 6) is 0.985. The molecule has 0 radical (unpaired) electrons. The second-order valence-corrected chi connectivity index (χ2v) is 8.60. The number of likely N-dealkylation sites (tertiary alicyclic amines) is 1. The van der Waals surface area contributed by atoms with E-state index in [0.29, 0.717) is 18.1 Å². The molecule has 3 rings (SSSR count). The lowest BCUT2D eigenvalue weighted by atomic mass is 9.88. The molecule has 1 aliphatic carbocycles. The van der Waals surface area contributed by atoms with Gasteiger partial charge in [-0.15, -0.1) is 0 Å². The maximum atomic E-state index is 12.9. The molecule has 1 N–H and O–H groups in total. The van der Waals surface area contributed by atoms with E-state index >= 15 is 0 Å². The summed E-state index contributed by atoms with van der Waals surface area (Å²) in [4.78, 5) is 38.5. The third-order valence-electron chi connectivity index (χ3n) is 5.71. The fraction of sp³-hybridized carbons (Fsp3) is 0.714. The van der Waals surface area contributed by atoms with Gasteiger partial charge >= 0.3 is 0 Å². The van der Waals surface area contributed by atoms with E-state index in [0.717, 1.165) is 44.3 Å². The zero-order chi connectivity index (χ0) is 20.3. The number of anilines is 1. The molecule has 2 amide bonds. The van der Waals surface area contributed by atoms with E-state index in [1.807, 2.05) is 37.7 Å². The Hall–Kier alpha value is -2.18. The SMILES string of the molecule is CC(C)NC(=O)c1cnc(N(C)C)nc1C1CCN(C(=O)C2CCCCC2)C1. The van der Waals surface area contributed by atoms with Crippen molar-refractivity contribution in [3.63, 3.8) is 0 Å². The molecule has 0 spiro atoms. The molecule has 7 nitrogen and oxygen atoms in total. The summed E-state index contributed by atoms with van der Waals surface area (Å²) in [5.41, 5.74) is 1.28. The first-order chi connectivity index (χ1) is 13.4. The Labute approximate surface area is 167 Å². The summed E-state index contributed by atoms with van der Waals surface area (Å²) in [7, 11) is 3.78. The first kappa shape index (κ1) is 20.6. The van der Waals surface area contributed by atoms with E-state index in [1.165, 1.54) is 6.42 Å². The number of aromatic nitrogens is 2. The van der Waals surface area contributed by atoms with Gasteiger partial charge in [0, 0.05) is 51.3 Å². The van der Waals surface area contributed by atoms with E-state index in [2.05, 4.69) is 10.3 Å². The molecule has 0 bridgehead atoms. The van der Waals surface area contributed by atoms with Crippen molar-refractivity contribution >= 4 is 17.8 Å². The highest BCUT2D eigenvalue weighted by molar-refractivity contribution is 5.95. The van der Waals surface area contributed by atoms with Crippen LogP contribution in [-0.4, -0.2) is 59.9 Å². The van der Waals surface area contributed by atoms with Crippen molar-refractivity contribution in [2.75, 3.05) is 32.1 Å². The maximum Gasteiger partial charge on any atom is 0.254 e. The molecule has 7 heteroatoms. The highest BCUT2D eigenvalue weighted by Crippen LogP contribution is 2.32. The van der Waals surface area contributed by atoms with Gasteiger partial charge in [-0.1, -0.05) is 19.3 Å². The van der Waals surface area contributed by atoms with Crippen molar-refractivity contribution in [2.24, 2.45) is 5.92 Å². The molecule has 2 fully saturated rings. The highest BCUT2D eigenvalue weighted by atomic mass is 16.2. The van der Waals surface area contributed by atoms with Gasteiger partial charge in [-0.2, -0.15) is 0 Å². The molecule has 28 heavy (non-hydrogen) atoms. The smallest absolute Gasteiger partial charge is 0.254 e. The predicted molar refractivity (Wildman–Crippen MR) is 109 cm³/mol. The van der Waals surface area contributed by atoms with Crippen LogP contribution in [0.4, 0.5) is 5.95 Å². The monoisotopic (exact) mass is 387 g/mol. The molecule has 1 aromatic heterocycles. The van der Waals surface area contributed by atoms with Crippen molar-refractivity contribution in [1.29, 1.82) is 0 Å². The lowest BCUT2D eigenvalue weighted by Gasteiger charge is -2.26. The average Bonchev–Trinajstić information content (AvgIpc) is 3.17. The third kappa shape index (κ3) is 4.62. The van der Waals surface area contributed by atoms with Crippen LogP contribution in [0.1, 0.15) is 74.3 Å². The minimum Gasteiger partial charge on any atom is -0.350 e. The van der Waals surface area contributed by atoms with Crippen LogP contribution in [0.3, 0.4) is 0 Å². The Balaban J connectivity index is 1.80. The van der Waals surface area contributed by atoms with Crippen LogP contribution in [0.25, 0.3) is 0 Å². The molecule has 1 saturated heterocycles. The third-order valence-corrected chi connectivity index (χ3v) is 5.71. The summed E-state index contributed by atoms with van der Waals surface area (Å²) < 4.78 is 0. The molecule has 2 heterocycles. The molecular weight excluding hydrogens is 354 g/mol. The van der Waals surface area contributed by atoms with Crippen molar-refractivity contribution in [2.45, 2.75) is 64.3 Å². The van der Waals surface area contributed by atoms with Crippen LogP contribution in [0.5, 0.6) is 0 Å². The Kier molecular flexibility index (Phi) is 6.52. The van der Waals surface area contributed by atoms with E-state index in [1.54, 1.807) is 6.20 Å². The molecular formula is C21H33N5O2. The van der Waals surface area contributed by atoms with E-state index in [-0.39, 0.29) is 29.7 Å². The maximum absolute atomic E-state index is 12.9. The van der Waals surface area contributed by atoms with E-state index in [4.69, 9.17) is 4.98 Å². The van der Waals surface area contributed by atoms with E-state index in [9.17, 15) is 9.59 Å². The minimum absolute atomic E-state index is 0.0434. The van der Waals surface area contributed by atoms with Crippen molar-refractivity contribution in [1.82, 2.24) is 20.2 Å². The topological polar surface area (TPSA) is 78.4 Å². The first-order valence-corrected chi connectivity index (χ1v) is 10.5.